The third kappa shape index (κ3) is 7.02. The van der Waals surface area contributed by atoms with Crippen molar-refractivity contribution in [3.8, 4) is 0 Å². The molecule has 0 aromatic heterocycles. The van der Waals surface area contributed by atoms with Crippen molar-refractivity contribution in [2.24, 2.45) is 17.8 Å². The Morgan fingerprint density at radius 1 is 0.821 bits per heavy atom. The van der Waals surface area contributed by atoms with Gasteiger partial charge in [-0.05, 0) is 37.0 Å². The predicted octanol–water partition coefficient (Wildman–Crippen LogP) is 5.64. The summed E-state index contributed by atoms with van der Waals surface area (Å²) in [6.07, 6.45) is 19.3. The third-order valence-electron chi connectivity index (χ3n) is 7.59. The largest absolute Gasteiger partial charge is 0.382 e. The maximum Gasteiger partial charge on any atom is 0.109 e. The molecular weight excluding hydrogens is 347 g/mol. The van der Waals surface area contributed by atoms with Gasteiger partial charge in [0.15, 0.2) is 0 Å². The third-order valence-corrected chi connectivity index (χ3v) is 7.59. The molecule has 3 nitrogen and oxygen atoms in total. The van der Waals surface area contributed by atoms with Crippen molar-refractivity contribution >= 4 is 7.85 Å². The summed E-state index contributed by atoms with van der Waals surface area (Å²) in [5.41, 5.74) is 0. The average molecular weight is 390 g/mol. The van der Waals surface area contributed by atoms with Gasteiger partial charge in [0.1, 0.15) is 14.0 Å². The number of hydrogen-bond donors (Lipinski definition) is 0. The van der Waals surface area contributed by atoms with Crippen molar-refractivity contribution in [1.29, 1.82) is 0 Å². The molecule has 1 heterocycles. The molecule has 0 N–H and O–H groups in total. The Kier molecular flexibility index (Phi) is 9.66. The summed E-state index contributed by atoms with van der Waals surface area (Å²) < 4.78 is 17.6. The van der Waals surface area contributed by atoms with Gasteiger partial charge in [0.25, 0.3) is 0 Å². The van der Waals surface area contributed by atoms with Crippen LogP contribution >= 0.6 is 0 Å². The molecule has 1 saturated heterocycles. The van der Waals surface area contributed by atoms with Gasteiger partial charge in [0.05, 0.1) is 18.8 Å². The molecule has 3 fully saturated rings. The van der Waals surface area contributed by atoms with E-state index in [0.717, 1.165) is 24.2 Å². The molecule has 2 radical (unpaired) electrons. The van der Waals surface area contributed by atoms with E-state index >= 15 is 0 Å². The second-order valence-corrected chi connectivity index (χ2v) is 9.90. The molecule has 4 heteroatoms. The second kappa shape index (κ2) is 12.0. The van der Waals surface area contributed by atoms with Gasteiger partial charge < -0.3 is 14.2 Å². The molecule has 5 atom stereocenters. The monoisotopic (exact) mass is 390 g/mol. The van der Waals surface area contributed by atoms with Crippen molar-refractivity contribution in [3.63, 3.8) is 0 Å². The number of rotatable bonds is 5. The zero-order chi connectivity index (χ0) is 19.8. The first-order valence-corrected chi connectivity index (χ1v) is 12.2. The molecule has 3 aliphatic rings. The molecular formula is C24H43BO3. The molecule has 0 aromatic carbocycles. The fourth-order valence-electron chi connectivity index (χ4n) is 5.95. The number of methoxy groups -OCH3 is 1. The Morgan fingerprint density at radius 3 is 2.07 bits per heavy atom. The van der Waals surface area contributed by atoms with E-state index in [9.17, 15) is 0 Å². The quantitative estimate of drug-likeness (QED) is 0.569. The van der Waals surface area contributed by atoms with Gasteiger partial charge in [0.2, 0.25) is 0 Å². The number of hydrogen-bond acceptors (Lipinski definition) is 3. The van der Waals surface area contributed by atoms with Crippen LogP contribution < -0.4 is 0 Å². The first kappa shape index (κ1) is 22.6. The fraction of sp³-hybridized carbons (Fsp3) is 1.00. The molecule has 2 aliphatic carbocycles. The molecule has 160 valence electrons. The van der Waals surface area contributed by atoms with Crippen molar-refractivity contribution in [2.45, 2.75) is 121 Å². The van der Waals surface area contributed by atoms with Gasteiger partial charge in [0, 0.05) is 13.1 Å². The van der Waals surface area contributed by atoms with Crippen LogP contribution in [0.2, 0.25) is 0 Å². The lowest BCUT2D eigenvalue weighted by Gasteiger charge is -2.32. The van der Waals surface area contributed by atoms with E-state index in [-0.39, 0.29) is 18.2 Å². The normalized spacial score (nSPS) is 41.4. The fourth-order valence-corrected chi connectivity index (χ4v) is 5.95. The standard InChI is InChI=1S/C24H43BO3/c1-18-8-3-4-10-19(11-5-9-18)20-12-6-14-21(15-7-13-20)27-22-16-24(25)28-23(22)17-26-2/h18-24H,3-17H2,1-2H3/t18?,19?,20?,21?,22?,23-,24-/m1/s1. The van der Waals surface area contributed by atoms with Crippen LogP contribution in [0, 0.1) is 17.8 Å². The van der Waals surface area contributed by atoms with Crippen LogP contribution in [0.1, 0.15) is 96.8 Å². The lowest BCUT2D eigenvalue weighted by atomic mass is 9.77. The summed E-state index contributed by atoms with van der Waals surface area (Å²) in [5.74, 6) is 2.89. The van der Waals surface area contributed by atoms with Crippen LogP contribution in [0.5, 0.6) is 0 Å². The highest BCUT2D eigenvalue weighted by Gasteiger charge is 2.35. The predicted molar refractivity (Wildman–Crippen MR) is 116 cm³/mol. The van der Waals surface area contributed by atoms with Crippen LogP contribution in [0.25, 0.3) is 0 Å². The smallest absolute Gasteiger partial charge is 0.109 e. The molecule has 0 spiro atoms. The van der Waals surface area contributed by atoms with Gasteiger partial charge >= 0.3 is 0 Å². The van der Waals surface area contributed by atoms with Crippen molar-refractivity contribution < 1.29 is 14.2 Å². The van der Waals surface area contributed by atoms with Gasteiger partial charge in [-0.2, -0.15) is 0 Å². The van der Waals surface area contributed by atoms with E-state index < -0.39 is 0 Å². The van der Waals surface area contributed by atoms with E-state index in [2.05, 4.69) is 6.92 Å². The van der Waals surface area contributed by atoms with E-state index in [1.807, 2.05) is 0 Å². The van der Waals surface area contributed by atoms with Crippen LogP contribution in [-0.4, -0.2) is 45.9 Å². The molecule has 1 aliphatic heterocycles. The Hall–Kier alpha value is -0.0551. The highest BCUT2D eigenvalue weighted by atomic mass is 16.6. The summed E-state index contributed by atoms with van der Waals surface area (Å²) in [6.45, 7) is 3.03. The molecule has 0 amide bonds. The molecule has 0 bridgehead atoms. The van der Waals surface area contributed by atoms with Gasteiger partial charge in [-0.1, -0.05) is 77.6 Å². The van der Waals surface area contributed by atoms with Gasteiger partial charge in [-0.3, -0.25) is 0 Å². The minimum atomic E-state index is -0.200. The number of ether oxygens (including phenoxy) is 3. The lowest BCUT2D eigenvalue weighted by Crippen LogP contribution is -2.33. The average Bonchev–Trinajstić information content (AvgIpc) is 3.03. The molecule has 3 unspecified atom stereocenters. The zero-order valence-electron chi connectivity index (χ0n) is 18.5. The Morgan fingerprint density at radius 2 is 1.39 bits per heavy atom. The maximum atomic E-state index is 6.48. The van der Waals surface area contributed by atoms with Crippen molar-refractivity contribution in [3.05, 3.63) is 0 Å². The molecule has 0 aromatic rings. The van der Waals surface area contributed by atoms with Crippen LogP contribution in [0.4, 0.5) is 0 Å². The van der Waals surface area contributed by atoms with Gasteiger partial charge in [-0.15, -0.1) is 0 Å². The second-order valence-electron chi connectivity index (χ2n) is 9.90. The van der Waals surface area contributed by atoms with E-state index in [1.165, 1.54) is 83.5 Å². The Labute approximate surface area is 175 Å². The summed E-state index contributed by atoms with van der Waals surface area (Å²) in [6, 6.07) is -0.200. The topological polar surface area (TPSA) is 27.7 Å². The highest BCUT2D eigenvalue weighted by molar-refractivity contribution is 6.11. The molecule has 2 saturated carbocycles. The summed E-state index contributed by atoms with van der Waals surface area (Å²) in [5, 5.41) is 0. The maximum absolute atomic E-state index is 6.48. The molecule has 3 rings (SSSR count). The van der Waals surface area contributed by atoms with Crippen molar-refractivity contribution in [1.82, 2.24) is 0 Å². The van der Waals surface area contributed by atoms with Gasteiger partial charge in [-0.25, -0.2) is 0 Å². The minimum Gasteiger partial charge on any atom is -0.382 e. The summed E-state index contributed by atoms with van der Waals surface area (Å²) in [4.78, 5) is 0. The molecule has 28 heavy (non-hydrogen) atoms. The summed E-state index contributed by atoms with van der Waals surface area (Å²) >= 11 is 0. The lowest BCUT2D eigenvalue weighted by molar-refractivity contribution is -0.0811. The first-order chi connectivity index (χ1) is 13.7. The summed E-state index contributed by atoms with van der Waals surface area (Å²) in [7, 11) is 7.71. The highest BCUT2D eigenvalue weighted by Crippen LogP contribution is 2.37. The van der Waals surface area contributed by atoms with Crippen LogP contribution in [-0.2, 0) is 14.2 Å². The first-order valence-electron chi connectivity index (χ1n) is 12.2. The van der Waals surface area contributed by atoms with Crippen LogP contribution in [0.3, 0.4) is 0 Å². The van der Waals surface area contributed by atoms with E-state index in [0.29, 0.717) is 12.7 Å². The Bertz CT molecular complexity index is 422. The minimum absolute atomic E-state index is 0.000519. The van der Waals surface area contributed by atoms with E-state index in [4.69, 9.17) is 22.1 Å². The van der Waals surface area contributed by atoms with Crippen molar-refractivity contribution in [2.75, 3.05) is 13.7 Å². The Balaban J connectivity index is 1.44. The van der Waals surface area contributed by atoms with E-state index in [1.54, 1.807) is 7.11 Å². The van der Waals surface area contributed by atoms with Crippen LogP contribution in [0.15, 0.2) is 0 Å². The SMILES string of the molecule is [B][C@H]1CC(OC2CCCC(C3CCCCC(C)CCC3)CCC2)[C@@H](COC)O1. The zero-order valence-corrected chi connectivity index (χ0v) is 18.5.